The smallest absolute Gasteiger partial charge is 0.329 e. The first-order valence-electron chi connectivity index (χ1n) is 10.3. The number of carbonyl (C=O) groups is 4. The van der Waals surface area contributed by atoms with E-state index in [0.29, 0.717) is 25.9 Å². The van der Waals surface area contributed by atoms with E-state index in [1.807, 2.05) is 11.4 Å². The number of imide groups is 1. The molecule has 156 valence electrons. The highest BCUT2D eigenvalue weighted by molar-refractivity contribution is 7.10. The normalized spacial score (nSPS) is 26.0. The van der Waals surface area contributed by atoms with Gasteiger partial charge in [-0.15, -0.1) is 11.3 Å². The zero-order valence-electron chi connectivity index (χ0n) is 16.8. The van der Waals surface area contributed by atoms with Gasteiger partial charge in [-0.2, -0.15) is 0 Å². The third-order valence-corrected chi connectivity index (χ3v) is 7.39. The van der Waals surface area contributed by atoms with E-state index in [4.69, 9.17) is 4.74 Å². The Labute approximate surface area is 174 Å². The van der Waals surface area contributed by atoms with Gasteiger partial charge in [0, 0.05) is 18.0 Å². The maximum absolute atomic E-state index is 12.7. The Balaban J connectivity index is 1.38. The maximum Gasteiger partial charge on any atom is 0.329 e. The lowest BCUT2D eigenvalue weighted by atomic mass is 9.81. The third-order valence-electron chi connectivity index (χ3n) is 6.36. The first-order valence-corrected chi connectivity index (χ1v) is 11.2. The molecule has 0 aromatic carbocycles. The summed E-state index contributed by atoms with van der Waals surface area (Å²) >= 11 is 1.69. The molecule has 1 aliphatic carbocycles. The molecule has 4 rings (SSSR count). The molecule has 0 bridgehead atoms. The van der Waals surface area contributed by atoms with Gasteiger partial charge >= 0.3 is 5.97 Å². The molecular weight excluding hydrogens is 392 g/mol. The van der Waals surface area contributed by atoms with E-state index in [9.17, 15) is 19.2 Å². The zero-order valence-corrected chi connectivity index (χ0v) is 17.6. The average Bonchev–Trinajstić information content (AvgIpc) is 3.29. The number of likely N-dealkylation sites (tertiary alicyclic amines) is 1. The molecule has 2 fully saturated rings. The van der Waals surface area contributed by atoms with Crippen molar-refractivity contribution in [1.29, 1.82) is 0 Å². The number of thiophene rings is 1. The van der Waals surface area contributed by atoms with Crippen LogP contribution in [0.1, 0.15) is 50.0 Å². The molecule has 29 heavy (non-hydrogen) atoms. The molecule has 1 aromatic heterocycles. The van der Waals surface area contributed by atoms with Gasteiger partial charge in [0.05, 0.1) is 11.8 Å². The van der Waals surface area contributed by atoms with Crippen LogP contribution in [0.25, 0.3) is 0 Å². The SMILES string of the molecule is CC(OC(=O)[C@H](C)N1C(=O)C2CCCCC2C1=O)C(=O)N1CCc2sccc2C1. The van der Waals surface area contributed by atoms with Crippen LogP contribution in [0.5, 0.6) is 0 Å². The van der Waals surface area contributed by atoms with Crippen molar-refractivity contribution in [1.82, 2.24) is 9.80 Å². The molecular formula is C21H26N2O5S. The lowest BCUT2D eigenvalue weighted by Gasteiger charge is -2.30. The number of hydrogen-bond donors (Lipinski definition) is 0. The zero-order chi connectivity index (χ0) is 20.7. The Bertz CT molecular complexity index is 826. The number of hydrogen-bond acceptors (Lipinski definition) is 6. The van der Waals surface area contributed by atoms with Crippen molar-refractivity contribution < 1.29 is 23.9 Å². The van der Waals surface area contributed by atoms with E-state index in [1.54, 1.807) is 23.2 Å². The van der Waals surface area contributed by atoms with E-state index >= 15 is 0 Å². The fourth-order valence-corrected chi connectivity index (χ4v) is 5.58. The van der Waals surface area contributed by atoms with E-state index < -0.39 is 18.1 Å². The number of nitrogens with zero attached hydrogens (tertiary/aromatic N) is 2. The van der Waals surface area contributed by atoms with Crippen LogP contribution in [0, 0.1) is 11.8 Å². The van der Waals surface area contributed by atoms with Crippen LogP contribution in [-0.2, 0) is 36.9 Å². The summed E-state index contributed by atoms with van der Waals surface area (Å²) in [7, 11) is 0. The Hall–Kier alpha value is -2.22. The monoisotopic (exact) mass is 418 g/mol. The minimum Gasteiger partial charge on any atom is -0.451 e. The van der Waals surface area contributed by atoms with E-state index in [-0.39, 0.29) is 29.6 Å². The van der Waals surface area contributed by atoms with Crippen LogP contribution in [-0.4, -0.2) is 52.2 Å². The molecule has 4 atom stereocenters. The Morgan fingerprint density at radius 2 is 1.79 bits per heavy atom. The van der Waals surface area contributed by atoms with Crippen molar-refractivity contribution in [3.05, 3.63) is 21.9 Å². The molecule has 3 unspecified atom stereocenters. The van der Waals surface area contributed by atoms with Crippen LogP contribution in [0.15, 0.2) is 11.4 Å². The Morgan fingerprint density at radius 3 is 2.45 bits per heavy atom. The number of rotatable bonds is 4. The van der Waals surface area contributed by atoms with Gasteiger partial charge in [0.1, 0.15) is 6.04 Å². The average molecular weight is 419 g/mol. The minimum absolute atomic E-state index is 0.254. The van der Waals surface area contributed by atoms with Crippen molar-refractivity contribution in [2.75, 3.05) is 6.54 Å². The summed E-state index contributed by atoms with van der Waals surface area (Å²) in [6, 6.07) is 1.00. The predicted octanol–water partition coefficient (Wildman–Crippen LogP) is 2.13. The van der Waals surface area contributed by atoms with Crippen molar-refractivity contribution in [3.8, 4) is 0 Å². The highest BCUT2D eigenvalue weighted by Crippen LogP contribution is 2.39. The molecule has 3 aliphatic rings. The fraction of sp³-hybridized carbons (Fsp3) is 0.619. The van der Waals surface area contributed by atoms with E-state index in [2.05, 4.69) is 0 Å². The summed E-state index contributed by atoms with van der Waals surface area (Å²) in [4.78, 5) is 54.8. The van der Waals surface area contributed by atoms with Gasteiger partial charge in [-0.05, 0) is 50.1 Å². The largest absolute Gasteiger partial charge is 0.451 e. The van der Waals surface area contributed by atoms with Gasteiger partial charge in [-0.1, -0.05) is 12.8 Å². The number of esters is 1. The summed E-state index contributed by atoms with van der Waals surface area (Å²) in [5.74, 6) is -2.12. The summed E-state index contributed by atoms with van der Waals surface area (Å²) < 4.78 is 5.39. The van der Waals surface area contributed by atoms with Crippen LogP contribution in [0.4, 0.5) is 0 Å². The van der Waals surface area contributed by atoms with Crippen molar-refractivity contribution in [2.45, 2.75) is 64.6 Å². The third kappa shape index (κ3) is 3.58. The first kappa shape index (κ1) is 20.1. The molecule has 0 N–H and O–H groups in total. The molecule has 1 saturated carbocycles. The fourth-order valence-electron chi connectivity index (χ4n) is 4.69. The summed E-state index contributed by atoms with van der Waals surface area (Å²) in [5.41, 5.74) is 1.14. The number of ether oxygens (including phenoxy) is 1. The van der Waals surface area contributed by atoms with Gasteiger partial charge in [-0.25, -0.2) is 4.79 Å². The van der Waals surface area contributed by atoms with Gasteiger partial charge in [0.25, 0.3) is 5.91 Å². The number of fused-ring (bicyclic) bond motifs is 2. The second-order valence-electron chi connectivity index (χ2n) is 8.18. The molecule has 7 nitrogen and oxygen atoms in total. The van der Waals surface area contributed by atoms with Gasteiger partial charge in [-0.3, -0.25) is 19.3 Å². The van der Waals surface area contributed by atoms with Crippen LogP contribution < -0.4 is 0 Å². The maximum atomic E-state index is 12.7. The predicted molar refractivity (Wildman–Crippen MR) is 106 cm³/mol. The molecule has 0 spiro atoms. The van der Waals surface area contributed by atoms with Crippen LogP contribution >= 0.6 is 11.3 Å². The van der Waals surface area contributed by atoms with Gasteiger partial charge in [0.2, 0.25) is 11.8 Å². The lowest BCUT2D eigenvalue weighted by Crippen LogP contribution is -2.47. The molecule has 3 amide bonds. The molecule has 8 heteroatoms. The molecule has 3 heterocycles. The first-order chi connectivity index (χ1) is 13.9. The molecule has 1 aromatic rings. The van der Waals surface area contributed by atoms with Crippen LogP contribution in [0.3, 0.4) is 0 Å². The van der Waals surface area contributed by atoms with Gasteiger partial charge in [0.15, 0.2) is 6.10 Å². The Kier molecular flexibility index (Phi) is 5.46. The minimum atomic E-state index is -1.01. The Morgan fingerprint density at radius 1 is 1.14 bits per heavy atom. The number of amides is 3. The summed E-state index contributed by atoms with van der Waals surface area (Å²) in [5, 5.41) is 2.02. The molecule has 0 radical (unpaired) electrons. The van der Waals surface area contributed by atoms with E-state index in [1.165, 1.54) is 11.8 Å². The highest BCUT2D eigenvalue weighted by atomic mass is 32.1. The van der Waals surface area contributed by atoms with Gasteiger partial charge < -0.3 is 9.64 Å². The molecule has 2 aliphatic heterocycles. The van der Waals surface area contributed by atoms with Crippen molar-refractivity contribution >= 4 is 35.0 Å². The highest BCUT2D eigenvalue weighted by Gasteiger charge is 2.51. The second-order valence-corrected chi connectivity index (χ2v) is 9.18. The summed E-state index contributed by atoms with van der Waals surface area (Å²) in [6.45, 7) is 4.16. The van der Waals surface area contributed by atoms with Crippen molar-refractivity contribution in [3.63, 3.8) is 0 Å². The number of carbonyl (C=O) groups excluding carboxylic acids is 4. The van der Waals surface area contributed by atoms with Crippen LogP contribution in [0.2, 0.25) is 0 Å². The topological polar surface area (TPSA) is 84.0 Å². The second kappa shape index (κ2) is 7.89. The quantitative estimate of drug-likeness (QED) is 0.553. The summed E-state index contributed by atoms with van der Waals surface area (Å²) in [6.07, 6.45) is 3.10. The van der Waals surface area contributed by atoms with Crippen molar-refractivity contribution in [2.24, 2.45) is 11.8 Å². The lowest BCUT2D eigenvalue weighted by molar-refractivity contribution is -0.166. The van der Waals surface area contributed by atoms with E-state index in [0.717, 1.165) is 29.7 Å². The standard InChI is InChI=1S/C21H26N2O5S/c1-12(23-19(25)15-5-3-4-6-16(15)20(23)26)21(27)28-13(2)18(24)22-9-7-17-14(11-22)8-10-29-17/h8,10,12-13,15-16H,3-7,9,11H2,1-2H3/t12-,13?,15?,16?/m0/s1. The molecule has 1 saturated heterocycles.